The predicted molar refractivity (Wildman–Crippen MR) is 80.6 cm³/mol. The van der Waals surface area contributed by atoms with E-state index in [2.05, 4.69) is 31.2 Å². The van der Waals surface area contributed by atoms with Crippen molar-refractivity contribution in [2.45, 2.75) is 25.2 Å². The summed E-state index contributed by atoms with van der Waals surface area (Å²) in [6.45, 7) is 4.01. The molecule has 2 atom stereocenters. The van der Waals surface area contributed by atoms with Crippen LogP contribution in [0.15, 0.2) is 41.3 Å². The second-order valence-electron chi connectivity index (χ2n) is 5.19. The molecular weight excluding hydrogens is 318 g/mol. The van der Waals surface area contributed by atoms with Gasteiger partial charge < -0.3 is 5.32 Å². The first-order valence-corrected chi connectivity index (χ1v) is 7.21. The molecule has 102 valence electrons. The Morgan fingerprint density at radius 2 is 2.10 bits per heavy atom. The number of hydrogen-bond acceptors (Lipinski definition) is 3. The molecule has 4 nitrogen and oxygen atoms in total. The molecule has 1 unspecified atom stereocenters. The lowest BCUT2D eigenvalue weighted by atomic mass is 9.71. The molecule has 1 aliphatic rings. The highest BCUT2D eigenvalue weighted by Gasteiger charge is 2.47. The van der Waals surface area contributed by atoms with Crippen molar-refractivity contribution in [3.8, 4) is 0 Å². The van der Waals surface area contributed by atoms with Crippen LogP contribution in [0.3, 0.4) is 0 Å². The zero-order valence-corrected chi connectivity index (χ0v) is 12.8. The van der Waals surface area contributed by atoms with Crippen molar-refractivity contribution in [1.82, 2.24) is 9.97 Å². The van der Waals surface area contributed by atoms with E-state index in [-0.39, 0.29) is 11.8 Å². The largest absolute Gasteiger partial charge is 0.310 e. The van der Waals surface area contributed by atoms with Crippen LogP contribution in [-0.2, 0) is 10.2 Å². The van der Waals surface area contributed by atoms with Gasteiger partial charge in [-0.05, 0) is 40.5 Å². The van der Waals surface area contributed by atoms with Crippen molar-refractivity contribution < 1.29 is 4.79 Å². The van der Waals surface area contributed by atoms with Gasteiger partial charge in [-0.1, -0.05) is 19.1 Å². The Morgan fingerprint density at radius 3 is 2.80 bits per heavy atom. The molecule has 3 rings (SSSR count). The molecule has 0 fully saturated rings. The SMILES string of the molecule is CC(c1ccc(Br)nc1)[C@@]1(C)C(=O)Nc2ncccc21. The molecule has 2 aromatic heterocycles. The van der Waals surface area contributed by atoms with E-state index in [4.69, 9.17) is 0 Å². The Labute approximate surface area is 125 Å². The summed E-state index contributed by atoms with van der Waals surface area (Å²) in [5, 5.41) is 2.87. The van der Waals surface area contributed by atoms with Gasteiger partial charge in [-0.25, -0.2) is 9.97 Å². The summed E-state index contributed by atoms with van der Waals surface area (Å²) in [5.41, 5.74) is 1.35. The standard InChI is InChI=1S/C15H14BrN3O/c1-9(10-5-6-12(16)18-8-10)15(2)11-4-3-7-17-13(11)19-14(15)20/h3-9H,1-2H3,(H,17,19,20)/t9?,15-/m1/s1. The minimum atomic E-state index is -0.626. The lowest BCUT2D eigenvalue weighted by Crippen LogP contribution is -2.36. The number of nitrogens with zero attached hydrogens (tertiary/aromatic N) is 2. The summed E-state index contributed by atoms with van der Waals surface area (Å²) in [6, 6.07) is 7.72. The van der Waals surface area contributed by atoms with Crippen molar-refractivity contribution in [2.24, 2.45) is 0 Å². The molecule has 0 saturated carbocycles. The van der Waals surface area contributed by atoms with Crippen molar-refractivity contribution in [1.29, 1.82) is 0 Å². The van der Waals surface area contributed by atoms with Crippen molar-refractivity contribution in [3.63, 3.8) is 0 Å². The lowest BCUT2D eigenvalue weighted by Gasteiger charge is -2.29. The van der Waals surface area contributed by atoms with Crippen LogP contribution in [0.5, 0.6) is 0 Å². The number of fused-ring (bicyclic) bond motifs is 1. The molecule has 0 saturated heterocycles. The number of carbonyl (C=O) groups excluding carboxylic acids is 1. The Kier molecular flexibility index (Phi) is 3.09. The van der Waals surface area contributed by atoms with Gasteiger partial charge in [0.05, 0.1) is 5.41 Å². The molecule has 2 aromatic rings. The number of amides is 1. The maximum atomic E-state index is 12.5. The van der Waals surface area contributed by atoms with Gasteiger partial charge in [-0.3, -0.25) is 4.79 Å². The Morgan fingerprint density at radius 1 is 1.30 bits per heavy atom. The normalized spacial score (nSPS) is 22.2. The second-order valence-corrected chi connectivity index (χ2v) is 6.00. The molecule has 0 spiro atoms. The zero-order valence-electron chi connectivity index (χ0n) is 11.2. The molecule has 1 N–H and O–H groups in total. The molecule has 1 amide bonds. The van der Waals surface area contributed by atoms with Crippen LogP contribution in [0.1, 0.15) is 30.9 Å². The number of aromatic nitrogens is 2. The molecule has 0 aromatic carbocycles. The fraction of sp³-hybridized carbons (Fsp3) is 0.267. The Balaban J connectivity index is 2.08. The summed E-state index contributed by atoms with van der Waals surface area (Å²) in [6.07, 6.45) is 3.50. The maximum absolute atomic E-state index is 12.5. The molecule has 3 heterocycles. The first-order valence-electron chi connectivity index (χ1n) is 6.42. The van der Waals surface area contributed by atoms with Crippen molar-refractivity contribution in [3.05, 3.63) is 52.4 Å². The van der Waals surface area contributed by atoms with E-state index in [0.717, 1.165) is 15.7 Å². The number of rotatable bonds is 2. The average molecular weight is 332 g/mol. The fourth-order valence-electron chi connectivity index (χ4n) is 2.69. The third kappa shape index (κ3) is 1.85. The Hall–Kier alpha value is -1.75. The zero-order chi connectivity index (χ0) is 14.3. The molecule has 5 heteroatoms. The van der Waals surface area contributed by atoms with Crippen LogP contribution in [0.25, 0.3) is 0 Å². The minimum absolute atomic E-state index is 0.00792. The topological polar surface area (TPSA) is 54.9 Å². The Bertz CT molecular complexity index is 671. The monoisotopic (exact) mass is 331 g/mol. The van der Waals surface area contributed by atoms with Gasteiger partial charge in [0.1, 0.15) is 10.4 Å². The number of carbonyl (C=O) groups is 1. The van der Waals surface area contributed by atoms with Crippen LogP contribution in [0.4, 0.5) is 5.82 Å². The van der Waals surface area contributed by atoms with Gasteiger partial charge in [0.15, 0.2) is 0 Å². The maximum Gasteiger partial charge on any atom is 0.236 e. The van der Waals surface area contributed by atoms with Gasteiger partial charge in [0.2, 0.25) is 5.91 Å². The first kappa shape index (κ1) is 13.2. The first-order chi connectivity index (χ1) is 9.53. The predicted octanol–water partition coefficient (Wildman–Crippen LogP) is 3.25. The molecule has 0 bridgehead atoms. The molecular formula is C15H14BrN3O. The van der Waals surface area contributed by atoms with E-state index in [1.54, 1.807) is 6.20 Å². The number of hydrogen-bond donors (Lipinski definition) is 1. The summed E-state index contributed by atoms with van der Waals surface area (Å²) in [5.74, 6) is 0.659. The summed E-state index contributed by atoms with van der Waals surface area (Å²) in [7, 11) is 0. The van der Waals surface area contributed by atoms with Gasteiger partial charge in [0.25, 0.3) is 0 Å². The lowest BCUT2D eigenvalue weighted by molar-refractivity contribution is -0.120. The molecule has 1 aliphatic heterocycles. The van der Waals surface area contributed by atoms with E-state index in [1.807, 2.05) is 44.3 Å². The van der Waals surface area contributed by atoms with E-state index >= 15 is 0 Å². The second kappa shape index (κ2) is 4.66. The van der Waals surface area contributed by atoms with Gasteiger partial charge in [-0.2, -0.15) is 0 Å². The highest BCUT2D eigenvalue weighted by atomic mass is 79.9. The number of pyridine rings is 2. The fourth-order valence-corrected chi connectivity index (χ4v) is 2.92. The van der Waals surface area contributed by atoms with E-state index < -0.39 is 5.41 Å². The van der Waals surface area contributed by atoms with Crippen LogP contribution in [0.2, 0.25) is 0 Å². The van der Waals surface area contributed by atoms with Gasteiger partial charge >= 0.3 is 0 Å². The van der Waals surface area contributed by atoms with E-state index in [9.17, 15) is 4.79 Å². The highest BCUT2D eigenvalue weighted by Crippen LogP contribution is 2.45. The summed E-state index contributed by atoms with van der Waals surface area (Å²) >= 11 is 3.33. The molecule has 0 aliphatic carbocycles. The quantitative estimate of drug-likeness (QED) is 0.859. The third-order valence-corrected chi connectivity index (χ3v) is 4.66. The van der Waals surface area contributed by atoms with Crippen LogP contribution in [-0.4, -0.2) is 15.9 Å². The van der Waals surface area contributed by atoms with E-state index in [0.29, 0.717) is 5.82 Å². The average Bonchev–Trinajstić information content (AvgIpc) is 2.72. The van der Waals surface area contributed by atoms with E-state index in [1.165, 1.54) is 0 Å². The van der Waals surface area contributed by atoms with Gasteiger partial charge in [-0.15, -0.1) is 0 Å². The summed E-state index contributed by atoms with van der Waals surface area (Å²) in [4.78, 5) is 20.9. The number of anilines is 1. The van der Waals surface area contributed by atoms with Crippen LogP contribution >= 0.6 is 15.9 Å². The van der Waals surface area contributed by atoms with Crippen LogP contribution in [0, 0.1) is 0 Å². The smallest absolute Gasteiger partial charge is 0.236 e. The number of halogens is 1. The van der Waals surface area contributed by atoms with Crippen molar-refractivity contribution in [2.75, 3.05) is 5.32 Å². The summed E-state index contributed by atoms with van der Waals surface area (Å²) < 4.78 is 0.788. The molecule has 0 radical (unpaired) electrons. The molecule has 20 heavy (non-hydrogen) atoms. The van der Waals surface area contributed by atoms with Crippen LogP contribution < -0.4 is 5.32 Å². The van der Waals surface area contributed by atoms with Crippen molar-refractivity contribution >= 4 is 27.7 Å². The number of nitrogens with one attached hydrogen (secondary N) is 1. The highest BCUT2D eigenvalue weighted by molar-refractivity contribution is 9.10. The third-order valence-electron chi connectivity index (χ3n) is 4.19. The minimum Gasteiger partial charge on any atom is -0.310 e. The van der Waals surface area contributed by atoms with Gasteiger partial charge in [0, 0.05) is 23.9 Å².